The van der Waals surface area contributed by atoms with Crippen LogP contribution in [-0.4, -0.2) is 60.0 Å². The predicted molar refractivity (Wildman–Crippen MR) is 81.6 cm³/mol. The first-order valence-electron chi connectivity index (χ1n) is 7.85. The molecule has 0 saturated carbocycles. The van der Waals surface area contributed by atoms with E-state index in [9.17, 15) is 4.79 Å². The molecule has 2 aliphatic rings. The molecule has 21 heavy (non-hydrogen) atoms. The quantitative estimate of drug-likeness (QED) is 0.880. The Morgan fingerprint density at radius 2 is 2.14 bits per heavy atom. The molecular formula is C16H24N4O. The van der Waals surface area contributed by atoms with Crippen molar-refractivity contribution in [2.45, 2.75) is 13.5 Å². The van der Waals surface area contributed by atoms with Crippen LogP contribution in [0.4, 0.5) is 0 Å². The maximum atomic E-state index is 12.5. The molecule has 3 rings (SSSR count). The van der Waals surface area contributed by atoms with E-state index in [-0.39, 0.29) is 5.92 Å². The van der Waals surface area contributed by atoms with Crippen LogP contribution in [0.15, 0.2) is 24.5 Å². The summed E-state index contributed by atoms with van der Waals surface area (Å²) < 4.78 is 0. The summed E-state index contributed by atoms with van der Waals surface area (Å²) in [7, 11) is 0. The second-order valence-corrected chi connectivity index (χ2v) is 6.17. The zero-order chi connectivity index (χ0) is 14.7. The lowest BCUT2D eigenvalue weighted by molar-refractivity contribution is -0.139. The number of amides is 1. The Morgan fingerprint density at radius 1 is 1.38 bits per heavy atom. The molecule has 0 spiro atoms. The van der Waals surface area contributed by atoms with Crippen LogP contribution in [0, 0.1) is 11.8 Å². The van der Waals surface area contributed by atoms with Gasteiger partial charge in [-0.05, 0) is 30.6 Å². The maximum Gasteiger partial charge on any atom is 0.225 e. The number of hydrogen-bond acceptors (Lipinski definition) is 4. The van der Waals surface area contributed by atoms with Gasteiger partial charge in [0, 0.05) is 51.0 Å². The lowest BCUT2D eigenvalue weighted by atomic mass is 9.88. The van der Waals surface area contributed by atoms with E-state index in [0.717, 1.165) is 45.8 Å². The SMILES string of the molecule is CC(C(=O)N1CCN(Cc2cccnc2)CC1)C1CNC1. The van der Waals surface area contributed by atoms with Gasteiger partial charge in [-0.15, -0.1) is 0 Å². The molecule has 1 unspecified atom stereocenters. The van der Waals surface area contributed by atoms with Gasteiger partial charge in [-0.25, -0.2) is 0 Å². The number of hydrogen-bond donors (Lipinski definition) is 1. The zero-order valence-corrected chi connectivity index (χ0v) is 12.7. The van der Waals surface area contributed by atoms with E-state index in [1.54, 1.807) is 6.20 Å². The largest absolute Gasteiger partial charge is 0.340 e. The first-order chi connectivity index (χ1) is 10.2. The second-order valence-electron chi connectivity index (χ2n) is 6.17. The number of carbonyl (C=O) groups excluding carboxylic acids is 1. The molecule has 5 nitrogen and oxygen atoms in total. The molecule has 0 aliphatic carbocycles. The van der Waals surface area contributed by atoms with Crippen molar-refractivity contribution >= 4 is 5.91 Å². The van der Waals surface area contributed by atoms with Crippen LogP contribution >= 0.6 is 0 Å². The molecule has 1 atom stereocenters. The molecule has 1 aromatic rings. The third-order valence-electron chi connectivity index (χ3n) is 4.72. The summed E-state index contributed by atoms with van der Waals surface area (Å²) >= 11 is 0. The highest BCUT2D eigenvalue weighted by Crippen LogP contribution is 2.19. The van der Waals surface area contributed by atoms with E-state index in [0.29, 0.717) is 11.8 Å². The number of carbonyl (C=O) groups is 1. The maximum absolute atomic E-state index is 12.5. The first-order valence-corrected chi connectivity index (χ1v) is 7.85. The van der Waals surface area contributed by atoms with Gasteiger partial charge in [0.25, 0.3) is 0 Å². The monoisotopic (exact) mass is 288 g/mol. The second kappa shape index (κ2) is 6.54. The zero-order valence-electron chi connectivity index (χ0n) is 12.7. The lowest BCUT2D eigenvalue weighted by Crippen LogP contribution is -2.54. The molecule has 0 radical (unpaired) electrons. The van der Waals surface area contributed by atoms with Crippen molar-refractivity contribution < 1.29 is 4.79 Å². The molecule has 114 valence electrons. The number of nitrogens with one attached hydrogen (secondary N) is 1. The van der Waals surface area contributed by atoms with Crippen molar-refractivity contribution in [2.75, 3.05) is 39.3 Å². The molecule has 2 saturated heterocycles. The minimum atomic E-state index is 0.163. The Morgan fingerprint density at radius 3 is 2.71 bits per heavy atom. The van der Waals surface area contributed by atoms with Crippen LogP contribution < -0.4 is 5.32 Å². The van der Waals surface area contributed by atoms with E-state index in [1.807, 2.05) is 17.2 Å². The Balaban J connectivity index is 1.47. The van der Waals surface area contributed by atoms with Crippen LogP contribution in [0.3, 0.4) is 0 Å². The standard InChI is InChI=1S/C16H24N4O/c1-13(15-10-18-11-15)16(21)20-7-5-19(6-8-20)12-14-3-2-4-17-9-14/h2-4,9,13,15,18H,5-8,10-12H2,1H3. The summed E-state index contributed by atoms with van der Waals surface area (Å²) in [6.45, 7) is 8.61. The van der Waals surface area contributed by atoms with Gasteiger partial charge < -0.3 is 10.2 Å². The van der Waals surface area contributed by atoms with Crippen molar-refractivity contribution in [3.05, 3.63) is 30.1 Å². The fourth-order valence-corrected chi connectivity index (χ4v) is 3.03. The predicted octanol–water partition coefficient (Wildman–Crippen LogP) is 0.581. The third kappa shape index (κ3) is 3.41. The van der Waals surface area contributed by atoms with Gasteiger partial charge in [0.15, 0.2) is 0 Å². The summed E-state index contributed by atoms with van der Waals surface area (Å²) in [5.41, 5.74) is 1.24. The molecule has 2 fully saturated rings. The third-order valence-corrected chi connectivity index (χ3v) is 4.72. The number of aromatic nitrogens is 1. The summed E-state index contributed by atoms with van der Waals surface area (Å²) in [5.74, 6) is 1.03. The summed E-state index contributed by atoms with van der Waals surface area (Å²) in [6, 6.07) is 4.08. The van der Waals surface area contributed by atoms with E-state index >= 15 is 0 Å². The Hall–Kier alpha value is -1.46. The van der Waals surface area contributed by atoms with Gasteiger partial charge in [-0.2, -0.15) is 0 Å². The lowest BCUT2D eigenvalue weighted by Gasteiger charge is -2.39. The van der Waals surface area contributed by atoms with Crippen LogP contribution in [0.1, 0.15) is 12.5 Å². The van der Waals surface area contributed by atoms with E-state index in [1.165, 1.54) is 5.56 Å². The molecule has 3 heterocycles. The van der Waals surface area contributed by atoms with Gasteiger partial charge in [-0.1, -0.05) is 13.0 Å². The molecule has 5 heteroatoms. The molecular weight excluding hydrogens is 264 g/mol. The average Bonchev–Trinajstić information content (AvgIpc) is 2.46. The van der Waals surface area contributed by atoms with E-state index < -0.39 is 0 Å². The summed E-state index contributed by atoms with van der Waals surface area (Å²) in [4.78, 5) is 21.1. The molecule has 1 amide bonds. The van der Waals surface area contributed by atoms with Crippen LogP contribution in [0.2, 0.25) is 0 Å². The normalized spacial score (nSPS) is 21.9. The van der Waals surface area contributed by atoms with Crippen molar-refractivity contribution in [3.8, 4) is 0 Å². The molecule has 0 aromatic carbocycles. The summed E-state index contributed by atoms with van der Waals surface area (Å²) in [6.07, 6.45) is 3.72. The Kier molecular flexibility index (Phi) is 4.51. The van der Waals surface area contributed by atoms with Crippen LogP contribution in [0.5, 0.6) is 0 Å². The van der Waals surface area contributed by atoms with E-state index in [2.05, 4.69) is 28.2 Å². The number of pyridine rings is 1. The average molecular weight is 288 g/mol. The highest BCUT2D eigenvalue weighted by Gasteiger charge is 2.32. The number of rotatable bonds is 4. The molecule has 1 aromatic heterocycles. The highest BCUT2D eigenvalue weighted by molar-refractivity contribution is 5.79. The van der Waals surface area contributed by atoms with Crippen LogP contribution in [0.25, 0.3) is 0 Å². The van der Waals surface area contributed by atoms with Crippen molar-refractivity contribution in [1.82, 2.24) is 20.1 Å². The van der Waals surface area contributed by atoms with Crippen molar-refractivity contribution in [3.63, 3.8) is 0 Å². The molecule has 2 aliphatic heterocycles. The summed E-state index contributed by atoms with van der Waals surface area (Å²) in [5, 5.41) is 3.25. The van der Waals surface area contributed by atoms with Crippen molar-refractivity contribution in [1.29, 1.82) is 0 Å². The van der Waals surface area contributed by atoms with Gasteiger partial charge in [-0.3, -0.25) is 14.7 Å². The molecule has 0 bridgehead atoms. The minimum absolute atomic E-state index is 0.163. The number of nitrogens with zero attached hydrogens (tertiary/aromatic N) is 3. The minimum Gasteiger partial charge on any atom is -0.340 e. The first kappa shape index (κ1) is 14.5. The van der Waals surface area contributed by atoms with Crippen molar-refractivity contribution in [2.24, 2.45) is 11.8 Å². The highest BCUT2D eigenvalue weighted by atomic mass is 16.2. The van der Waals surface area contributed by atoms with Gasteiger partial charge in [0.2, 0.25) is 5.91 Å². The smallest absolute Gasteiger partial charge is 0.225 e. The number of piperazine rings is 1. The Bertz CT molecular complexity index is 466. The van der Waals surface area contributed by atoms with Gasteiger partial charge in [0.1, 0.15) is 0 Å². The van der Waals surface area contributed by atoms with Gasteiger partial charge in [0.05, 0.1) is 0 Å². The van der Waals surface area contributed by atoms with E-state index in [4.69, 9.17) is 0 Å². The Labute approximate surface area is 126 Å². The molecule has 1 N–H and O–H groups in total. The fourth-order valence-electron chi connectivity index (χ4n) is 3.03. The fraction of sp³-hybridized carbons (Fsp3) is 0.625. The van der Waals surface area contributed by atoms with Gasteiger partial charge >= 0.3 is 0 Å². The van der Waals surface area contributed by atoms with Crippen LogP contribution in [-0.2, 0) is 11.3 Å². The topological polar surface area (TPSA) is 48.5 Å².